The van der Waals surface area contributed by atoms with E-state index >= 15 is 0 Å². The lowest BCUT2D eigenvalue weighted by molar-refractivity contribution is 0.0693. The Hall–Kier alpha value is -2.95. The van der Waals surface area contributed by atoms with Gasteiger partial charge in [0, 0.05) is 10.9 Å². The summed E-state index contributed by atoms with van der Waals surface area (Å²) in [7, 11) is 0. The number of ether oxygens (including phenoxy) is 1. The minimum Gasteiger partial charge on any atom is -0.494 e. The molecule has 0 saturated carbocycles. The van der Waals surface area contributed by atoms with Crippen LogP contribution in [0.25, 0.3) is 22.3 Å². The smallest absolute Gasteiger partial charge is 0.355 e. The molecule has 0 spiro atoms. The first-order valence-electron chi connectivity index (χ1n) is 6.92. The molecule has 0 aliphatic rings. The normalized spacial score (nSPS) is 10.6. The van der Waals surface area contributed by atoms with Gasteiger partial charge in [0.25, 0.3) is 0 Å². The molecular weight excluding hydrogens is 280 g/mol. The molecule has 3 aromatic rings. The number of rotatable bonds is 4. The molecule has 0 bridgehead atoms. The first-order valence-corrected chi connectivity index (χ1v) is 6.92. The van der Waals surface area contributed by atoms with Crippen molar-refractivity contribution in [2.45, 2.75) is 6.92 Å². The van der Waals surface area contributed by atoms with Crippen LogP contribution < -0.4 is 4.74 Å². The summed E-state index contributed by atoms with van der Waals surface area (Å²) in [5.74, 6) is 0.0791. The first-order chi connectivity index (χ1) is 10.7. The summed E-state index contributed by atoms with van der Waals surface area (Å²) in [5, 5.41) is 9.89. The topological polar surface area (TPSA) is 72.3 Å². The predicted octanol–water partition coefficient (Wildman–Crippen LogP) is 3.39. The van der Waals surface area contributed by atoms with Gasteiger partial charge in [-0.05, 0) is 37.3 Å². The molecule has 3 rings (SSSR count). The van der Waals surface area contributed by atoms with E-state index in [1.807, 2.05) is 37.3 Å². The number of carbonyl (C=O) groups is 1. The molecule has 0 radical (unpaired) electrons. The van der Waals surface area contributed by atoms with Gasteiger partial charge in [-0.1, -0.05) is 18.2 Å². The maximum atomic E-state index is 11.4. The van der Waals surface area contributed by atoms with Crippen molar-refractivity contribution in [3.8, 4) is 17.1 Å². The Morgan fingerprint density at radius 1 is 1.09 bits per heavy atom. The number of fused-ring (bicyclic) bond motifs is 1. The maximum absolute atomic E-state index is 11.4. The van der Waals surface area contributed by atoms with E-state index in [1.54, 1.807) is 18.2 Å². The third-order valence-electron chi connectivity index (χ3n) is 3.23. The summed E-state index contributed by atoms with van der Waals surface area (Å²) in [4.78, 5) is 20.1. The van der Waals surface area contributed by atoms with Crippen LogP contribution in [0.2, 0.25) is 0 Å². The largest absolute Gasteiger partial charge is 0.494 e. The Kier molecular flexibility index (Phi) is 3.70. The maximum Gasteiger partial charge on any atom is 0.355 e. The average Bonchev–Trinajstić information content (AvgIpc) is 2.54. The van der Waals surface area contributed by atoms with Gasteiger partial charge in [0.05, 0.1) is 12.1 Å². The van der Waals surface area contributed by atoms with Crippen molar-refractivity contribution < 1.29 is 14.6 Å². The molecule has 0 atom stereocenters. The molecule has 1 N–H and O–H groups in total. The monoisotopic (exact) mass is 294 g/mol. The van der Waals surface area contributed by atoms with Crippen LogP contribution in [0.15, 0.2) is 48.5 Å². The van der Waals surface area contributed by atoms with Crippen molar-refractivity contribution >= 4 is 16.9 Å². The summed E-state index contributed by atoms with van der Waals surface area (Å²) in [6.45, 7) is 2.51. The number of hydrogen-bond acceptors (Lipinski definition) is 4. The first kappa shape index (κ1) is 14.0. The van der Waals surface area contributed by atoms with Crippen LogP contribution >= 0.6 is 0 Å². The molecule has 0 fully saturated rings. The fourth-order valence-electron chi connectivity index (χ4n) is 2.24. The average molecular weight is 294 g/mol. The zero-order valence-corrected chi connectivity index (χ0v) is 12.0. The molecule has 5 heteroatoms. The van der Waals surface area contributed by atoms with Crippen LogP contribution in [-0.4, -0.2) is 27.7 Å². The fraction of sp³-hybridized carbons (Fsp3) is 0.118. The van der Waals surface area contributed by atoms with Crippen molar-refractivity contribution in [3.63, 3.8) is 0 Å². The summed E-state index contributed by atoms with van der Waals surface area (Å²) in [5.41, 5.74) is 1.37. The quantitative estimate of drug-likeness (QED) is 0.798. The molecular formula is C17H14N2O3. The minimum absolute atomic E-state index is 0.00878. The Morgan fingerprint density at radius 2 is 1.82 bits per heavy atom. The highest BCUT2D eigenvalue weighted by molar-refractivity contribution is 6.01. The standard InChI is InChI=1S/C17H14N2O3/c1-2-22-12-9-7-11(8-10-12)16-18-14-6-4-3-5-13(14)15(19-16)17(20)21/h3-10H,2H2,1H3,(H,20,21). The van der Waals surface area contributed by atoms with Crippen molar-refractivity contribution in [1.82, 2.24) is 9.97 Å². The zero-order chi connectivity index (χ0) is 15.5. The molecule has 0 unspecified atom stereocenters. The van der Waals surface area contributed by atoms with E-state index in [4.69, 9.17) is 4.74 Å². The Morgan fingerprint density at radius 3 is 2.50 bits per heavy atom. The van der Waals surface area contributed by atoms with Gasteiger partial charge in [-0.3, -0.25) is 0 Å². The molecule has 0 amide bonds. The van der Waals surface area contributed by atoms with Gasteiger partial charge >= 0.3 is 5.97 Å². The molecule has 0 saturated heterocycles. The second-order valence-electron chi connectivity index (χ2n) is 4.68. The SMILES string of the molecule is CCOc1ccc(-c2nc(C(=O)O)c3ccccc3n2)cc1. The van der Waals surface area contributed by atoms with E-state index in [9.17, 15) is 9.90 Å². The molecule has 1 heterocycles. The molecule has 1 aromatic heterocycles. The van der Waals surface area contributed by atoms with Crippen LogP contribution in [0.1, 0.15) is 17.4 Å². The van der Waals surface area contributed by atoms with Gasteiger partial charge < -0.3 is 9.84 Å². The van der Waals surface area contributed by atoms with E-state index < -0.39 is 5.97 Å². The summed E-state index contributed by atoms with van der Waals surface area (Å²) in [6, 6.07) is 14.4. The third kappa shape index (κ3) is 2.61. The third-order valence-corrected chi connectivity index (χ3v) is 3.23. The summed E-state index contributed by atoms with van der Waals surface area (Å²) in [6.07, 6.45) is 0. The molecule has 2 aromatic carbocycles. The summed E-state index contributed by atoms with van der Waals surface area (Å²) < 4.78 is 5.39. The van der Waals surface area contributed by atoms with Crippen LogP contribution in [0, 0.1) is 0 Å². The molecule has 110 valence electrons. The highest BCUT2D eigenvalue weighted by Crippen LogP contribution is 2.23. The number of aromatic nitrogens is 2. The van der Waals surface area contributed by atoms with Crippen LogP contribution in [-0.2, 0) is 0 Å². The number of aromatic carboxylic acids is 1. The molecule has 0 aliphatic carbocycles. The second kappa shape index (κ2) is 5.81. The van der Waals surface area contributed by atoms with E-state index in [-0.39, 0.29) is 5.69 Å². The van der Waals surface area contributed by atoms with Gasteiger partial charge in [-0.2, -0.15) is 0 Å². The number of hydrogen-bond donors (Lipinski definition) is 1. The summed E-state index contributed by atoms with van der Waals surface area (Å²) >= 11 is 0. The lowest BCUT2D eigenvalue weighted by atomic mass is 10.1. The van der Waals surface area contributed by atoms with E-state index in [1.165, 1.54) is 0 Å². The molecule has 0 aliphatic heterocycles. The van der Waals surface area contributed by atoms with E-state index in [0.717, 1.165) is 11.3 Å². The Balaban J connectivity index is 2.12. The number of carboxylic acid groups (broad SMARTS) is 1. The Labute approximate surface area is 127 Å². The predicted molar refractivity (Wildman–Crippen MR) is 83.1 cm³/mol. The van der Waals surface area contributed by atoms with Crippen LogP contribution in [0.3, 0.4) is 0 Å². The van der Waals surface area contributed by atoms with Gasteiger partial charge in [0.2, 0.25) is 0 Å². The Bertz CT molecular complexity index is 829. The van der Waals surface area contributed by atoms with Crippen molar-refractivity contribution in [3.05, 3.63) is 54.2 Å². The molecule has 5 nitrogen and oxygen atoms in total. The number of nitrogens with zero attached hydrogens (tertiary/aromatic N) is 2. The van der Waals surface area contributed by atoms with Crippen LogP contribution in [0.4, 0.5) is 0 Å². The van der Waals surface area contributed by atoms with E-state index in [0.29, 0.717) is 23.3 Å². The lowest BCUT2D eigenvalue weighted by Crippen LogP contribution is -2.04. The number of carboxylic acids is 1. The van der Waals surface area contributed by atoms with Crippen molar-refractivity contribution in [1.29, 1.82) is 0 Å². The van der Waals surface area contributed by atoms with Gasteiger partial charge in [-0.15, -0.1) is 0 Å². The van der Waals surface area contributed by atoms with Gasteiger partial charge in [0.1, 0.15) is 5.75 Å². The number of para-hydroxylation sites is 1. The zero-order valence-electron chi connectivity index (χ0n) is 12.0. The lowest BCUT2D eigenvalue weighted by Gasteiger charge is -2.07. The molecule has 22 heavy (non-hydrogen) atoms. The van der Waals surface area contributed by atoms with Gasteiger partial charge in [-0.25, -0.2) is 14.8 Å². The van der Waals surface area contributed by atoms with Gasteiger partial charge in [0.15, 0.2) is 11.5 Å². The minimum atomic E-state index is -1.06. The van der Waals surface area contributed by atoms with Crippen LogP contribution in [0.5, 0.6) is 5.75 Å². The van der Waals surface area contributed by atoms with E-state index in [2.05, 4.69) is 9.97 Å². The highest BCUT2D eigenvalue weighted by atomic mass is 16.5. The number of benzene rings is 2. The van der Waals surface area contributed by atoms with Crippen molar-refractivity contribution in [2.75, 3.05) is 6.61 Å². The fourth-order valence-corrected chi connectivity index (χ4v) is 2.24. The van der Waals surface area contributed by atoms with Crippen molar-refractivity contribution in [2.24, 2.45) is 0 Å². The highest BCUT2D eigenvalue weighted by Gasteiger charge is 2.14. The second-order valence-corrected chi connectivity index (χ2v) is 4.68.